The number of hydrogen-bond acceptors (Lipinski definition) is 4. The molecule has 3 rings (SSSR count). The molecule has 0 saturated heterocycles. The summed E-state index contributed by atoms with van der Waals surface area (Å²) in [5, 5.41) is 15.9. The Labute approximate surface area is 168 Å². The van der Waals surface area contributed by atoms with Crippen LogP contribution in [0.25, 0.3) is 5.69 Å². The number of rotatable bonds is 4. The number of carbonyl (C=O) groups excluding carboxylic acids is 1. The first-order valence-electron chi connectivity index (χ1n) is 8.71. The molecule has 0 fully saturated rings. The van der Waals surface area contributed by atoms with E-state index in [9.17, 15) is 27.9 Å². The smallest absolute Gasteiger partial charge is 0.416 e. The molecule has 0 aliphatic carbocycles. The average molecular weight is 418 g/mol. The normalized spacial score (nSPS) is 12.1. The standard InChI is InChI=1S/C20H17F3N4O3/c1-11(24-25-18(29)13-6-8-16(28)9-7-13)17-12(2)26-27(19(17)30)15-5-3-4-14(10-15)20(21,22)23/h3-10,26,28H,1-2H3,(H,25,29). The molecule has 0 spiro atoms. The Kier molecular flexibility index (Phi) is 5.50. The number of hydrogen-bond donors (Lipinski definition) is 3. The topological polar surface area (TPSA) is 99.5 Å². The van der Waals surface area contributed by atoms with Gasteiger partial charge in [-0.3, -0.25) is 14.7 Å². The molecule has 1 heterocycles. The van der Waals surface area contributed by atoms with Crippen LogP contribution in [-0.4, -0.2) is 26.5 Å². The van der Waals surface area contributed by atoms with Gasteiger partial charge in [-0.2, -0.15) is 18.3 Å². The number of nitrogens with zero attached hydrogens (tertiary/aromatic N) is 2. The molecule has 0 unspecified atom stereocenters. The number of alkyl halides is 3. The summed E-state index contributed by atoms with van der Waals surface area (Å²) in [4.78, 5) is 24.9. The van der Waals surface area contributed by atoms with E-state index >= 15 is 0 Å². The third-order valence-electron chi connectivity index (χ3n) is 4.32. The predicted octanol–water partition coefficient (Wildman–Crippen LogP) is 3.35. The molecule has 1 aromatic heterocycles. The molecule has 10 heteroatoms. The van der Waals surface area contributed by atoms with E-state index in [0.29, 0.717) is 5.69 Å². The quantitative estimate of drug-likeness (QED) is 0.448. The Hall–Kier alpha value is -3.82. The van der Waals surface area contributed by atoms with E-state index in [4.69, 9.17) is 0 Å². The third kappa shape index (κ3) is 4.27. The van der Waals surface area contributed by atoms with Gasteiger partial charge >= 0.3 is 6.18 Å². The zero-order chi connectivity index (χ0) is 22.1. The van der Waals surface area contributed by atoms with Gasteiger partial charge in [-0.1, -0.05) is 6.07 Å². The highest BCUT2D eigenvalue weighted by atomic mass is 19.4. The van der Waals surface area contributed by atoms with Crippen LogP contribution in [0.2, 0.25) is 0 Å². The van der Waals surface area contributed by atoms with Crippen LogP contribution in [0, 0.1) is 6.92 Å². The van der Waals surface area contributed by atoms with Crippen molar-refractivity contribution in [3.63, 3.8) is 0 Å². The van der Waals surface area contributed by atoms with Crippen molar-refractivity contribution in [1.29, 1.82) is 0 Å². The van der Waals surface area contributed by atoms with Gasteiger partial charge in [-0.15, -0.1) is 0 Å². The van der Waals surface area contributed by atoms with Gasteiger partial charge < -0.3 is 5.11 Å². The van der Waals surface area contributed by atoms with Gasteiger partial charge in [0.25, 0.3) is 11.5 Å². The Balaban J connectivity index is 1.90. The van der Waals surface area contributed by atoms with Gasteiger partial charge in [0, 0.05) is 11.3 Å². The molecule has 0 atom stereocenters. The zero-order valence-corrected chi connectivity index (χ0v) is 15.9. The summed E-state index contributed by atoms with van der Waals surface area (Å²) in [6, 6.07) is 9.84. The molecule has 0 aliphatic rings. The molecule has 0 radical (unpaired) electrons. The molecule has 0 aliphatic heterocycles. The monoisotopic (exact) mass is 418 g/mol. The lowest BCUT2D eigenvalue weighted by Crippen LogP contribution is -2.23. The summed E-state index contributed by atoms with van der Waals surface area (Å²) in [5.41, 5.74) is 1.75. The van der Waals surface area contributed by atoms with E-state index in [0.717, 1.165) is 16.8 Å². The molecule has 3 aromatic rings. The number of aromatic amines is 1. The van der Waals surface area contributed by atoms with Crippen molar-refractivity contribution in [3.05, 3.63) is 81.3 Å². The number of benzene rings is 2. The van der Waals surface area contributed by atoms with Crippen LogP contribution < -0.4 is 11.0 Å². The summed E-state index contributed by atoms with van der Waals surface area (Å²) in [6.07, 6.45) is -4.54. The highest BCUT2D eigenvalue weighted by molar-refractivity contribution is 6.01. The maximum Gasteiger partial charge on any atom is 0.416 e. The fraction of sp³-hybridized carbons (Fsp3) is 0.150. The molecule has 0 bridgehead atoms. The van der Waals surface area contributed by atoms with Gasteiger partial charge in [-0.05, 0) is 56.3 Å². The van der Waals surface area contributed by atoms with Crippen molar-refractivity contribution in [3.8, 4) is 11.4 Å². The van der Waals surface area contributed by atoms with Gasteiger partial charge in [0.15, 0.2) is 0 Å². The number of nitrogens with one attached hydrogen (secondary N) is 2. The number of aryl methyl sites for hydroxylation is 1. The maximum absolute atomic E-state index is 13.0. The van der Waals surface area contributed by atoms with Gasteiger partial charge in [0.2, 0.25) is 0 Å². The van der Waals surface area contributed by atoms with E-state index in [1.54, 1.807) is 6.92 Å². The van der Waals surface area contributed by atoms with Crippen molar-refractivity contribution in [1.82, 2.24) is 15.2 Å². The van der Waals surface area contributed by atoms with Crippen LogP contribution >= 0.6 is 0 Å². The van der Waals surface area contributed by atoms with E-state index in [-0.39, 0.29) is 28.3 Å². The first kappa shape index (κ1) is 20.9. The Bertz CT molecular complexity index is 1180. The van der Waals surface area contributed by atoms with Crippen molar-refractivity contribution < 1.29 is 23.1 Å². The average Bonchev–Trinajstić information content (AvgIpc) is 3.00. The summed E-state index contributed by atoms with van der Waals surface area (Å²) in [5.74, 6) is -0.551. The summed E-state index contributed by atoms with van der Waals surface area (Å²) < 4.78 is 39.9. The van der Waals surface area contributed by atoms with Crippen LogP contribution in [0.1, 0.15) is 34.1 Å². The SMILES string of the molecule is CC(=NNC(=O)c1ccc(O)cc1)c1c(C)[nH]n(-c2cccc(C(F)(F)F)c2)c1=O. The van der Waals surface area contributed by atoms with E-state index in [1.807, 2.05) is 0 Å². The summed E-state index contributed by atoms with van der Waals surface area (Å²) >= 11 is 0. The van der Waals surface area contributed by atoms with Crippen molar-refractivity contribution in [2.45, 2.75) is 20.0 Å². The van der Waals surface area contributed by atoms with Crippen LogP contribution in [0.3, 0.4) is 0 Å². The van der Waals surface area contributed by atoms with E-state index in [2.05, 4.69) is 15.6 Å². The lowest BCUT2D eigenvalue weighted by Gasteiger charge is -2.08. The predicted molar refractivity (Wildman–Crippen MR) is 104 cm³/mol. The van der Waals surface area contributed by atoms with Crippen molar-refractivity contribution in [2.75, 3.05) is 0 Å². The Morgan fingerprint density at radius 2 is 1.83 bits per heavy atom. The van der Waals surface area contributed by atoms with Crippen molar-refractivity contribution >= 4 is 11.6 Å². The molecule has 1 amide bonds. The second-order valence-corrected chi connectivity index (χ2v) is 6.49. The van der Waals surface area contributed by atoms with E-state index < -0.39 is 23.2 Å². The largest absolute Gasteiger partial charge is 0.508 e. The molecule has 7 nitrogen and oxygen atoms in total. The number of phenolic OH excluding ortho intramolecular Hbond substituents is 1. The summed E-state index contributed by atoms with van der Waals surface area (Å²) in [7, 11) is 0. The number of aromatic nitrogens is 2. The number of phenols is 1. The number of hydrazone groups is 1. The van der Waals surface area contributed by atoms with Gasteiger partial charge in [0.05, 0.1) is 22.5 Å². The number of halogens is 3. The highest BCUT2D eigenvalue weighted by Gasteiger charge is 2.30. The lowest BCUT2D eigenvalue weighted by molar-refractivity contribution is -0.137. The Morgan fingerprint density at radius 1 is 1.17 bits per heavy atom. The molecule has 0 saturated carbocycles. The van der Waals surface area contributed by atoms with Crippen LogP contribution in [0.4, 0.5) is 13.2 Å². The summed E-state index contributed by atoms with van der Waals surface area (Å²) in [6.45, 7) is 3.06. The molecular formula is C20H17F3N4O3. The number of aromatic hydroxyl groups is 1. The molecule has 30 heavy (non-hydrogen) atoms. The van der Waals surface area contributed by atoms with Crippen LogP contribution in [0.5, 0.6) is 5.75 Å². The first-order valence-corrected chi connectivity index (χ1v) is 8.71. The Morgan fingerprint density at radius 3 is 2.47 bits per heavy atom. The maximum atomic E-state index is 13.0. The minimum Gasteiger partial charge on any atom is -0.508 e. The van der Waals surface area contributed by atoms with Crippen LogP contribution in [-0.2, 0) is 6.18 Å². The second kappa shape index (κ2) is 7.90. The minimum absolute atomic E-state index is 0.00400. The van der Waals surface area contributed by atoms with Gasteiger partial charge in [-0.25, -0.2) is 10.1 Å². The number of amides is 1. The van der Waals surface area contributed by atoms with Crippen LogP contribution in [0.15, 0.2) is 58.4 Å². The zero-order valence-electron chi connectivity index (χ0n) is 15.9. The third-order valence-corrected chi connectivity index (χ3v) is 4.32. The molecule has 156 valence electrons. The molecule has 3 N–H and O–H groups in total. The highest BCUT2D eigenvalue weighted by Crippen LogP contribution is 2.30. The van der Waals surface area contributed by atoms with Gasteiger partial charge in [0.1, 0.15) is 5.75 Å². The van der Waals surface area contributed by atoms with E-state index in [1.165, 1.54) is 43.3 Å². The minimum atomic E-state index is -4.54. The molecule has 2 aromatic carbocycles. The second-order valence-electron chi connectivity index (χ2n) is 6.49. The molecular weight excluding hydrogens is 401 g/mol. The fourth-order valence-electron chi connectivity index (χ4n) is 2.84. The number of H-pyrrole nitrogens is 1. The first-order chi connectivity index (χ1) is 14.1. The lowest BCUT2D eigenvalue weighted by atomic mass is 10.1. The van der Waals surface area contributed by atoms with Crippen molar-refractivity contribution in [2.24, 2.45) is 5.10 Å². The number of carbonyl (C=O) groups is 1. The fourth-order valence-corrected chi connectivity index (χ4v) is 2.84.